The van der Waals surface area contributed by atoms with Gasteiger partial charge >= 0.3 is 0 Å². The molecule has 1 unspecified atom stereocenters. The Balaban J connectivity index is 1.99. The van der Waals surface area contributed by atoms with E-state index in [1.807, 2.05) is 0 Å². The summed E-state index contributed by atoms with van der Waals surface area (Å²) in [6.07, 6.45) is 7.47. The summed E-state index contributed by atoms with van der Waals surface area (Å²) < 4.78 is 0. The first kappa shape index (κ1) is 10.5. The number of rotatable bonds is 1. The summed E-state index contributed by atoms with van der Waals surface area (Å²) >= 11 is 0. The number of piperidine rings is 1. The molecule has 0 radical (unpaired) electrons. The van der Waals surface area contributed by atoms with Crippen molar-refractivity contribution in [1.29, 1.82) is 0 Å². The SMILES string of the molecule is CC(C)C1C[C@@H]2CCCC[C@@H]2CN1C. The van der Waals surface area contributed by atoms with Crippen LogP contribution in [0.1, 0.15) is 46.0 Å². The van der Waals surface area contributed by atoms with Crippen LogP contribution in [-0.4, -0.2) is 24.5 Å². The van der Waals surface area contributed by atoms with E-state index in [0.717, 1.165) is 23.8 Å². The summed E-state index contributed by atoms with van der Waals surface area (Å²) in [6.45, 7) is 6.13. The molecule has 3 atom stereocenters. The second-order valence-electron chi connectivity index (χ2n) is 5.79. The third-order valence-electron chi connectivity index (χ3n) is 4.47. The second-order valence-corrected chi connectivity index (χ2v) is 5.79. The number of hydrogen-bond donors (Lipinski definition) is 0. The van der Waals surface area contributed by atoms with Gasteiger partial charge in [-0.1, -0.05) is 33.1 Å². The zero-order valence-corrected chi connectivity index (χ0v) is 10.00. The van der Waals surface area contributed by atoms with E-state index in [9.17, 15) is 0 Å². The summed E-state index contributed by atoms with van der Waals surface area (Å²) in [5.74, 6) is 2.93. The van der Waals surface area contributed by atoms with Crippen LogP contribution in [0.15, 0.2) is 0 Å². The minimum Gasteiger partial charge on any atom is -0.303 e. The fourth-order valence-electron chi connectivity index (χ4n) is 3.61. The van der Waals surface area contributed by atoms with Gasteiger partial charge in [0.25, 0.3) is 0 Å². The Morgan fingerprint density at radius 1 is 1.07 bits per heavy atom. The number of hydrogen-bond acceptors (Lipinski definition) is 1. The van der Waals surface area contributed by atoms with Crippen LogP contribution in [0.5, 0.6) is 0 Å². The van der Waals surface area contributed by atoms with E-state index in [1.165, 1.54) is 38.6 Å². The lowest BCUT2D eigenvalue weighted by molar-refractivity contribution is 0.0365. The van der Waals surface area contributed by atoms with Gasteiger partial charge in [0.1, 0.15) is 0 Å². The Labute approximate surface area is 88.9 Å². The molecule has 0 bridgehead atoms. The lowest BCUT2D eigenvalue weighted by Crippen LogP contribution is -2.48. The van der Waals surface area contributed by atoms with Crippen LogP contribution in [0.4, 0.5) is 0 Å². The molecule has 82 valence electrons. The molecule has 1 aliphatic heterocycles. The minimum atomic E-state index is 0.836. The molecule has 0 amide bonds. The largest absolute Gasteiger partial charge is 0.303 e. The monoisotopic (exact) mass is 195 g/mol. The van der Waals surface area contributed by atoms with E-state index in [-0.39, 0.29) is 0 Å². The van der Waals surface area contributed by atoms with Gasteiger partial charge in [-0.2, -0.15) is 0 Å². The number of fused-ring (bicyclic) bond motifs is 1. The first-order valence-corrected chi connectivity index (χ1v) is 6.38. The molecule has 0 spiro atoms. The zero-order chi connectivity index (χ0) is 10.1. The highest BCUT2D eigenvalue weighted by Gasteiger charge is 2.35. The van der Waals surface area contributed by atoms with Crippen LogP contribution in [0.2, 0.25) is 0 Å². The molecule has 0 aromatic heterocycles. The first-order valence-electron chi connectivity index (χ1n) is 6.38. The molecule has 0 aromatic rings. The van der Waals surface area contributed by atoms with Crippen molar-refractivity contribution in [2.75, 3.05) is 13.6 Å². The van der Waals surface area contributed by atoms with E-state index in [2.05, 4.69) is 25.8 Å². The predicted molar refractivity (Wildman–Crippen MR) is 61.3 cm³/mol. The third kappa shape index (κ3) is 1.98. The maximum Gasteiger partial charge on any atom is 0.0118 e. The number of likely N-dealkylation sites (tertiary alicyclic amines) is 1. The molecule has 1 nitrogen and oxygen atoms in total. The van der Waals surface area contributed by atoms with Crippen molar-refractivity contribution in [2.24, 2.45) is 17.8 Å². The fourth-order valence-corrected chi connectivity index (χ4v) is 3.61. The molecule has 1 heterocycles. The van der Waals surface area contributed by atoms with Crippen LogP contribution in [-0.2, 0) is 0 Å². The molecule has 1 saturated heterocycles. The topological polar surface area (TPSA) is 3.24 Å². The Kier molecular flexibility index (Phi) is 3.16. The van der Waals surface area contributed by atoms with E-state index in [0.29, 0.717) is 0 Å². The molecule has 2 aliphatic rings. The zero-order valence-electron chi connectivity index (χ0n) is 10.00. The molecule has 2 fully saturated rings. The maximum absolute atomic E-state index is 2.62. The molecular weight excluding hydrogens is 170 g/mol. The van der Waals surface area contributed by atoms with Crippen molar-refractivity contribution in [2.45, 2.75) is 52.0 Å². The van der Waals surface area contributed by atoms with Crippen LogP contribution in [0, 0.1) is 17.8 Å². The van der Waals surface area contributed by atoms with Crippen molar-refractivity contribution < 1.29 is 0 Å². The Hall–Kier alpha value is -0.0400. The normalized spacial score (nSPS) is 39.9. The molecule has 1 aliphatic carbocycles. The molecule has 2 rings (SSSR count). The second kappa shape index (κ2) is 4.22. The Morgan fingerprint density at radius 3 is 2.36 bits per heavy atom. The first-order chi connectivity index (χ1) is 6.68. The standard InChI is InChI=1S/C13H25N/c1-10(2)13-8-11-6-4-5-7-12(11)9-14(13)3/h10-13H,4-9H2,1-3H3/t11-,12+,13?/m0/s1. The van der Waals surface area contributed by atoms with Crippen LogP contribution in [0.3, 0.4) is 0 Å². The molecule has 14 heavy (non-hydrogen) atoms. The van der Waals surface area contributed by atoms with Crippen LogP contribution < -0.4 is 0 Å². The van der Waals surface area contributed by atoms with Gasteiger partial charge in [0.2, 0.25) is 0 Å². The maximum atomic E-state index is 2.62. The lowest BCUT2D eigenvalue weighted by Gasteiger charge is -2.46. The van der Waals surface area contributed by atoms with Crippen LogP contribution in [0.25, 0.3) is 0 Å². The quantitative estimate of drug-likeness (QED) is 0.621. The van der Waals surface area contributed by atoms with E-state index in [1.54, 1.807) is 0 Å². The molecule has 0 N–H and O–H groups in total. The van der Waals surface area contributed by atoms with Crippen molar-refractivity contribution >= 4 is 0 Å². The minimum absolute atomic E-state index is 0.836. The Bertz CT molecular complexity index is 188. The highest BCUT2D eigenvalue weighted by atomic mass is 15.1. The van der Waals surface area contributed by atoms with Gasteiger partial charge in [0, 0.05) is 12.6 Å². The van der Waals surface area contributed by atoms with Gasteiger partial charge in [-0.05, 0) is 37.6 Å². The molecule has 0 aromatic carbocycles. The molecule has 1 heteroatoms. The van der Waals surface area contributed by atoms with Gasteiger partial charge in [-0.15, -0.1) is 0 Å². The van der Waals surface area contributed by atoms with E-state index >= 15 is 0 Å². The summed E-state index contributed by atoms with van der Waals surface area (Å²) in [5, 5.41) is 0. The van der Waals surface area contributed by atoms with Crippen molar-refractivity contribution in [3.63, 3.8) is 0 Å². The van der Waals surface area contributed by atoms with Crippen LogP contribution >= 0.6 is 0 Å². The predicted octanol–water partition coefficient (Wildman–Crippen LogP) is 3.15. The summed E-state index contributed by atoms with van der Waals surface area (Å²) in [5.41, 5.74) is 0. The van der Waals surface area contributed by atoms with Gasteiger partial charge in [-0.25, -0.2) is 0 Å². The van der Waals surface area contributed by atoms with Gasteiger partial charge in [-0.3, -0.25) is 0 Å². The van der Waals surface area contributed by atoms with Gasteiger partial charge in [0.15, 0.2) is 0 Å². The smallest absolute Gasteiger partial charge is 0.0118 e. The highest BCUT2D eigenvalue weighted by molar-refractivity contribution is 4.88. The van der Waals surface area contributed by atoms with Crippen molar-refractivity contribution in [1.82, 2.24) is 4.90 Å². The summed E-state index contributed by atoms with van der Waals surface area (Å²) in [6, 6.07) is 0.856. The Morgan fingerprint density at radius 2 is 1.71 bits per heavy atom. The summed E-state index contributed by atoms with van der Waals surface area (Å²) in [7, 11) is 2.33. The van der Waals surface area contributed by atoms with E-state index < -0.39 is 0 Å². The average Bonchev–Trinajstić information content (AvgIpc) is 2.16. The molecule has 1 saturated carbocycles. The van der Waals surface area contributed by atoms with Gasteiger partial charge < -0.3 is 4.90 Å². The highest BCUT2D eigenvalue weighted by Crippen LogP contribution is 2.39. The van der Waals surface area contributed by atoms with Crippen molar-refractivity contribution in [3.05, 3.63) is 0 Å². The van der Waals surface area contributed by atoms with E-state index in [4.69, 9.17) is 0 Å². The fraction of sp³-hybridized carbons (Fsp3) is 1.00. The summed E-state index contributed by atoms with van der Waals surface area (Å²) in [4.78, 5) is 2.62. The number of nitrogens with zero attached hydrogens (tertiary/aromatic N) is 1. The molecular formula is C13H25N. The third-order valence-corrected chi connectivity index (χ3v) is 4.47. The van der Waals surface area contributed by atoms with Gasteiger partial charge in [0.05, 0.1) is 0 Å². The average molecular weight is 195 g/mol. The van der Waals surface area contributed by atoms with Crippen molar-refractivity contribution in [3.8, 4) is 0 Å². The lowest BCUT2D eigenvalue weighted by atomic mass is 9.71.